The number of nitrogens with two attached hydrogens (primary N) is 1. The van der Waals surface area contributed by atoms with Gasteiger partial charge in [-0.2, -0.15) is 0 Å². The highest BCUT2D eigenvalue weighted by atomic mass is 32.2. The number of hydrogen-bond donors (Lipinski definition) is 2. The van der Waals surface area contributed by atoms with Gasteiger partial charge in [0.25, 0.3) is 5.56 Å². The first kappa shape index (κ1) is 11.6. The minimum atomic E-state index is -0.195. The Labute approximate surface area is 102 Å². The number of H-pyrrole nitrogens is 1. The van der Waals surface area contributed by atoms with E-state index in [4.69, 9.17) is 5.73 Å². The van der Waals surface area contributed by atoms with Gasteiger partial charge in [-0.15, -0.1) is 0 Å². The second-order valence-electron chi connectivity index (χ2n) is 3.43. The lowest BCUT2D eigenvalue weighted by atomic mass is 10.3. The first-order valence-corrected chi connectivity index (χ1v) is 5.72. The van der Waals surface area contributed by atoms with Crippen molar-refractivity contribution in [2.45, 2.75) is 24.0 Å². The van der Waals surface area contributed by atoms with Gasteiger partial charge in [-0.3, -0.25) is 4.79 Å². The lowest BCUT2D eigenvalue weighted by Crippen LogP contribution is -2.06. The van der Waals surface area contributed by atoms with E-state index in [-0.39, 0.29) is 5.56 Å². The van der Waals surface area contributed by atoms with Crippen molar-refractivity contribution in [2.24, 2.45) is 0 Å². The van der Waals surface area contributed by atoms with Crippen LogP contribution in [0.1, 0.15) is 11.4 Å². The van der Waals surface area contributed by atoms with E-state index >= 15 is 0 Å². The van der Waals surface area contributed by atoms with Crippen molar-refractivity contribution >= 4 is 17.6 Å². The number of anilines is 1. The van der Waals surface area contributed by atoms with Crippen molar-refractivity contribution in [3.63, 3.8) is 0 Å². The molecule has 17 heavy (non-hydrogen) atoms. The largest absolute Gasteiger partial charge is 0.383 e. The summed E-state index contributed by atoms with van der Waals surface area (Å²) in [6.45, 7) is 3.60. The summed E-state index contributed by atoms with van der Waals surface area (Å²) < 4.78 is 0. The lowest BCUT2D eigenvalue weighted by Gasteiger charge is -2.06. The molecule has 88 valence electrons. The average molecular weight is 249 g/mol. The quantitative estimate of drug-likeness (QED) is 0.606. The number of rotatable bonds is 2. The molecule has 0 radical (unpaired) electrons. The fraction of sp³-hybridized carbons (Fsp3) is 0.200. The Balaban J connectivity index is 2.39. The van der Waals surface area contributed by atoms with Crippen LogP contribution in [0.15, 0.2) is 27.2 Å². The third kappa shape index (κ3) is 2.62. The summed E-state index contributed by atoms with van der Waals surface area (Å²) in [6, 6.07) is 1.36. The molecule has 0 saturated carbocycles. The molecule has 2 heterocycles. The molecular formula is C10H11N5OS. The molecule has 2 rings (SSSR count). The van der Waals surface area contributed by atoms with E-state index in [0.717, 1.165) is 5.56 Å². The monoisotopic (exact) mass is 249 g/mol. The number of nitrogens with one attached hydrogen (secondary N) is 1. The molecule has 2 aromatic heterocycles. The van der Waals surface area contributed by atoms with Crippen molar-refractivity contribution in [1.29, 1.82) is 0 Å². The SMILES string of the molecule is Cc1nc(N)c(C)c(Sc2nccc(=O)[nH]2)n1. The van der Waals surface area contributed by atoms with Crippen LogP contribution in [0.25, 0.3) is 0 Å². The van der Waals surface area contributed by atoms with E-state index in [1.807, 2.05) is 6.92 Å². The normalized spacial score (nSPS) is 10.5. The van der Waals surface area contributed by atoms with Crippen LogP contribution in [0.4, 0.5) is 5.82 Å². The van der Waals surface area contributed by atoms with E-state index in [1.54, 1.807) is 6.92 Å². The van der Waals surface area contributed by atoms with Crippen molar-refractivity contribution in [1.82, 2.24) is 19.9 Å². The van der Waals surface area contributed by atoms with Crippen LogP contribution in [-0.2, 0) is 0 Å². The van der Waals surface area contributed by atoms with Crippen molar-refractivity contribution in [3.05, 3.63) is 34.0 Å². The van der Waals surface area contributed by atoms with Gasteiger partial charge in [0.2, 0.25) is 0 Å². The molecule has 0 bridgehead atoms. The maximum atomic E-state index is 11.1. The Bertz CT molecular complexity index is 610. The van der Waals surface area contributed by atoms with Crippen LogP contribution in [0, 0.1) is 13.8 Å². The fourth-order valence-electron chi connectivity index (χ4n) is 1.22. The highest BCUT2D eigenvalue weighted by Gasteiger charge is 2.09. The summed E-state index contributed by atoms with van der Waals surface area (Å²) >= 11 is 1.26. The summed E-state index contributed by atoms with van der Waals surface area (Å²) in [6.07, 6.45) is 1.45. The minimum Gasteiger partial charge on any atom is -0.383 e. The summed E-state index contributed by atoms with van der Waals surface area (Å²) in [5, 5.41) is 1.18. The maximum Gasteiger partial charge on any atom is 0.251 e. The molecule has 0 unspecified atom stereocenters. The van der Waals surface area contributed by atoms with Gasteiger partial charge in [0, 0.05) is 17.8 Å². The van der Waals surface area contributed by atoms with Gasteiger partial charge in [-0.05, 0) is 25.6 Å². The average Bonchev–Trinajstić information content (AvgIpc) is 2.25. The zero-order valence-electron chi connectivity index (χ0n) is 9.39. The predicted octanol–water partition coefficient (Wildman–Crippen LogP) is 0.910. The van der Waals surface area contributed by atoms with Gasteiger partial charge in [0.15, 0.2) is 5.16 Å². The first-order chi connectivity index (χ1) is 8.06. The first-order valence-electron chi connectivity index (χ1n) is 4.90. The molecule has 7 heteroatoms. The number of nitrogen functional groups attached to an aromatic ring is 1. The van der Waals surface area contributed by atoms with E-state index in [1.165, 1.54) is 24.0 Å². The molecule has 3 N–H and O–H groups in total. The zero-order valence-corrected chi connectivity index (χ0v) is 10.2. The molecule has 2 aromatic rings. The van der Waals surface area contributed by atoms with E-state index in [9.17, 15) is 4.79 Å². The van der Waals surface area contributed by atoms with Gasteiger partial charge in [0.05, 0.1) is 0 Å². The van der Waals surface area contributed by atoms with Gasteiger partial charge in [-0.25, -0.2) is 15.0 Å². The van der Waals surface area contributed by atoms with Crippen molar-refractivity contribution in [2.75, 3.05) is 5.73 Å². The maximum absolute atomic E-state index is 11.1. The molecule has 0 aliphatic heterocycles. The second-order valence-corrected chi connectivity index (χ2v) is 4.41. The molecule has 0 aromatic carbocycles. The minimum absolute atomic E-state index is 0.195. The van der Waals surface area contributed by atoms with Gasteiger partial charge < -0.3 is 10.7 Å². The Hall–Kier alpha value is -1.89. The van der Waals surface area contributed by atoms with Crippen LogP contribution in [0.3, 0.4) is 0 Å². The highest BCUT2D eigenvalue weighted by molar-refractivity contribution is 7.99. The third-order valence-corrected chi connectivity index (χ3v) is 3.08. The molecule has 0 spiro atoms. The highest BCUT2D eigenvalue weighted by Crippen LogP contribution is 2.27. The standard InChI is InChI=1S/C10H11N5OS/c1-5-8(11)13-6(2)14-9(5)17-10-12-4-3-7(16)15-10/h3-4H,1-2H3,(H2,11,13,14)(H,12,15,16). The van der Waals surface area contributed by atoms with E-state index < -0.39 is 0 Å². The number of hydrogen-bond acceptors (Lipinski definition) is 6. The van der Waals surface area contributed by atoms with Crippen molar-refractivity contribution < 1.29 is 0 Å². The molecule has 0 atom stereocenters. The van der Waals surface area contributed by atoms with E-state index in [0.29, 0.717) is 21.8 Å². The Kier molecular flexibility index (Phi) is 3.10. The van der Waals surface area contributed by atoms with Gasteiger partial charge >= 0.3 is 0 Å². The predicted molar refractivity (Wildman–Crippen MR) is 64.9 cm³/mol. The topological polar surface area (TPSA) is 97.5 Å². The Morgan fingerprint density at radius 3 is 2.82 bits per heavy atom. The fourth-order valence-corrected chi connectivity index (χ4v) is 2.10. The summed E-state index contributed by atoms with van der Waals surface area (Å²) in [4.78, 5) is 26.1. The Morgan fingerprint density at radius 1 is 1.35 bits per heavy atom. The summed E-state index contributed by atoms with van der Waals surface area (Å²) in [5.41, 5.74) is 6.34. The van der Waals surface area contributed by atoms with Crippen LogP contribution in [0.5, 0.6) is 0 Å². The van der Waals surface area contributed by atoms with Gasteiger partial charge in [-0.1, -0.05) is 0 Å². The molecule has 6 nitrogen and oxygen atoms in total. The van der Waals surface area contributed by atoms with Crippen LogP contribution < -0.4 is 11.3 Å². The third-order valence-electron chi connectivity index (χ3n) is 2.09. The molecule has 0 amide bonds. The van der Waals surface area contributed by atoms with Crippen LogP contribution >= 0.6 is 11.8 Å². The summed E-state index contributed by atoms with van der Waals surface area (Å²) in [7, 11) is 0. The van der Waals surface area contributed by atoms with Crippen LogP contribution in [0.2, 0.25) is 0 Å². The number of nitrogens with zero attached hydrogens (tertiary/aromatic N) is 3. The molecule has 0 aliphatic rings. The Morgan fingerprint density at radius 2 is 2.12 bits per heavy atom. The molecule has 0 aliphatic carbocycles. The molecule has 0 saturated heterocycles. The lowest BCUT2D eigenvalue weighted by molar-refractivity contribution is 0.911. The second kappa shape index (κ2) is 4.54. The van der Waals surface area contributed by atoms with Gasteiger partial charge in [0.1, 0.15) is 16.7 Å². The summed E-state index contributed by atoms with van der Waals surface area (Å²) in [5.74, 6) is 1.03. The molecular weight excluding hydrogens is 238 g/mol. The molecule has 0 fully saturated rings. The smallest absolute Gasteiger partial charge is 0.251 e. The number of aryl methyl sites for hydroxylation is 1. The number of aromatic amines is 1. The van der Waals surface area contributed by atoms with E-state index in [2.05, 4.69) is 19.9 Å². The number of aromatic nitrogens is 4. The zero-order chi connectivity index (χ0) is 12.4. The van der Waals surface area contributed by atoms with Crippen LogP contribution in [-0.4, -0.2) is 19.9 Å². The van der Waals surface area contributed by atoms with Crippen molar-refractivity contribution in [3.8, 4) is 0 Å².